The number of ether oxygens (including phenoxy) is 1. The highest BCUT2D eigenvalue weighted by molar-refractivity contribution is 5.44. The first-order valence-electron chi connectivity index (χ1n) is 6.32. The monoisotopic (exact) mass is 261 g/mol. The molecule has 0 atom stereocenters. The van der Waals surface area contributed by atoms with Crippen molar-refractivity contribution < 1.29 is 9.15 Å². The van der Waals surface area contributed by atoms with Gasteiger partial charge in [-0.25, -0.2) is 0 Å². The molecule has 1 aromatic heterocycles. The standard InChI is InChI=1S/C14H19N3O2/c1-9-4-5-10(2)14(11(9)3)18-8-13-17-16-12(19-13)6-7-15/h4-5H,6-8,15H2,1-3H3. The lowest BCUT2D eigenvalue weighted by atomic mass is 10.1. The molecule has 0 aliphatic carbocycles. The van der Waals surface area contributed by atoms with Gasteiger partial charge in [0.25, 0.3) is 5.89 Å². The van der Waals surface area contributed by atoms with Crippen molar-refractivity contribution in [3.63, 3.8) is 0 Å². The van der Waals surface area contributed by atoms with Gasteiger partial charge in [0.15, 0.2) is 6.61 Å². The summed E-state index contributed by atoms with van der Waals surface area (Å²) in [7, 11) is 0. The minimum absolute atomic E-state index is 0.280. The highest BCUT2D eigenvalue weighted by atomic mass is 16.5. The number of rotatable bonds is 5. The van der Waals surface area contributed by atoms with E-state index < -0.39 is 0 Å². The number of aromatic nitrogens is 2. The Labute approximate surface area is 112 Å². The highest BCUT2D eigenvalue weighted by Crippen LogP contribution is 2.26. The zero-order valence-corrected chi connectivity index (χ0v) is 11.6. The normalized spacial score (nSPS) is 10.7. The molecule has 0 aliphatic heterocycles. The Morgan fingerprint density at radius 2 is 1.79 bits per heavy atom. The smallest absolute Gasteiger partial charge is 0.253 e. The molecule has 0 aliphatic rings. The van der Waals surface area contributed by atoms with Crippen molar-refractivity contribution in [1.82, 2.24) is 10.2 Å². The van der Waals surface area contributed by atoms with E-state index in [0.29, 0.717) is 24.7 Å². The summed E-state index contributed by atoms with van der Waals surface area (Å²) in [6, 6.07) is 4.13. The van der Waals surface area contributed by atoms with Crippen LogP contribution in [-0.2, 0) is 13.0 Å². The third-order valence-electron chi connectivity index (χ3n) is 3.08. The van der Waals surface area contributed by atoms with Gasteiger partial charge in [-0.3, -0.25) is 0 Å². The summed E-state index contributed by atoms with van der Waals surface area (Å²) in [5, 5.41) is 7.84. The molecule has 0 amide bonds. The van der Waals surface area contributed by atoms with Crippen molar-refractivity contribution >= 4 is 0 Å². The van der Waals surface area contributed by atoms with E-state index >= 15 is 0 Å². The molecule has 0 fully saturated rings. The van der Waals surface area contributed by atoms with Crippen LogP contribution in [-0.4, -0.2) is 16.7 Å². The second-order valence-electron chi connectivity index (χ2n) is 4.57. The molecule has 102 valence electrons. The molecule has 0 bridgehead atoms. The van der Waals surface area contributed by atoms with E-state index in [2.05, 4.69) is 23.2 Å². The van der Waals surface area contributed by atoms with Gasteiger partial charge in [0.1, 0.15) is 5.75 Å². The molecule has 5 nitrogen and oxygen atoms in total. The molecular formula is C14H19N3O2. The predicted octanol–water partition coefficient (Wildman–Crippen LogP) is 2.08. The fourth-order valence-corrected chi connectivity index (χ4v) is 1.85. The zero-order chi connectivity index (χ0) is 13.8. The van der Waals surface area contributed by atoms with Crippen LogP contribution in [0, 0.1) is 20.8 Å². The van der Waals surface area contributed by atoms with Gasteiger partial charge in [-0.15, -0.1) is 10.2 Å². The molecule has 1 heterocycles. The third kappa shape index (κ3) is 3.12. The Balaban J connectivity index is 2.07. The van der Waals surface area contributed by atoms with E-state index in [1.165, 1.54) is 5.56 Å². The second kappa shape index (κ2) is 5.84. The van der Waals surface area contributed by atoms with Crippen LogP contribution in [0.1, 0.15) is 28.5 Å². The molecule has 0 saturated carbocycles. The van der Waals surface area contributed by atoms with E-state index in [0.717, 1.165) is 16.9 Å². The van der Waals surface area contributed by atoms with Crippen LogP contribution in [0.2, 0.25) is 0 Å². The average Bonchev–Trinajstić information content (AvgIpc) is 2.82. The zero-order valence-electron chi connectivity index (χ0n) is 11.6. The Morgan fingerprint density at radius 3 is 2.53 bits per heavy atom. The molecule has 1 aromatic carbocycles. The number of nitrogens with two attached hydrogens (primary N) is 1. The van der Waals surface area contributed by atoms with Crippen LogP contribution >= 0.6 is 0 Å². The molecule has 5 heteroatoms. The molecule has 0 unspecified atom stereocenters. The van der Waals surface area contributed by atoms with Gasteiger partial charge < -0.3 is 14.9 Å². The molecule has 19 heavy (non-hydrogen) atoms. The summed E-state index contributed by atoms with van der Waals surface area (Å²) in [6.45, 7) is 6.91. The summed E-state index contributed by atoms with van der Waals surface area (Å²) < 4.78 is 11.2. The molecule has 0 spiro atoms. The van der Waals surface area contributed by atoms with Gasteiger partial charge in [-0.1, -0.05) is 12.1 Å². The number of nitrogens with zero attached hydrogens (tertiary/aromatic N) is 2. The quantitative estimate of drug-likeness (QED) is 0.891. The Kier molecular flexibility index (Phi) is 4.16. The minimum atomic E-state index is 0.280. The average molecular weight is 261 g/mol. The number of benzene rings is 1. The number of aryl methyl sites for hydroxylation is 2. The molecular weight excluding hydrogens is 242 g/mol. The molecule has 0 saturated heterocycles. The van der Waals surface area contributed by atoms with Crippen molar-refractivity contribution in [3.05, 3.63) is 40.6 Å². The maximum Gasteiger partial charge on any atom is 0.253 e. The van der Waals surface area contributed by atoms with Crippen LogP contribution in [0.3, 0.4) is 0 Å². The fraction of sp³-hybridized carbons (Fsp3) is 0.429. The van der Waals surface area contributed by atoms with Gasteiger partial charge in [0.05, 0.1) is 0 Å². The topological polar surface area (TPSA) is 74.2 Å². The summed E-state index contributed by atoms with van der Waals surface area (Å²) in [6.07, 6.45) is 0.593. The summed E-state index contributed by atoms with van der Waals surface area (Å²) >= 11 is 0. The van der Waals surface area contributed by atoms with E-state index in [4.69, 9.17) is 14.9 Å². The Morgan fingerprint density at radius 1 is 1.11 bits per heavy atom. The fourth-order valence-electron chi connectivity index (χ4n) is 1.85. The number of hydrogen-bond donors (Lipinski definition) is 1. The second-order valence-corrected chi connectivity index (χ2v) is 4.57. The third-order valence-corrected chi connectivity index (χ3v) is 3.08. The van der Waals surface area contributed by atoms with E-state index in [1.807, 2.05) is 19.9 Å². The van der Waals surface area contributed by atoms with Crippen molar-refractivity contribution in [2.75, 3.05) is 6.54 Å². The minimum Gasteiger partial charge on any atom is -0.483 e. The first-order valence-corrected chi connectivity index (χ1v) is 6.32. The molecule has 0 radical (unpaired) electrons. The van der Waals surface area contributed by atoms with Crippen molar-refractivity contribution in [2.24, 2.45) is 5.73 Å². The SMILES string of the molecule is Cc1ccc(C)c(OCc2nnc(CCN)o2)c1C. The van der Waals surface area contributed by atoms with Crippen LogP contribution in [0.15, 0.2) is 16.5 Å². The van der Waals surface area contributed by atoms with Gasteiger partial charge in [0, 0.05) is 13.0 Å². The van der Waals surface area contributed by atoms with Crippen LogP contribution in [0.4, 0.5) is 0 Å². The lowest BCUT2D eigenvalue weighted by molar-refractivity contribution is 0.256. The van der Waals surface area contributed by atoms with Crippen molar-refractivity contribution in [1.29, 1.82) is 0 Å². The highest BCUT2D eigenvalue weighted by Gasteiger charge is 2.10. The lowest BCUT2D eigenvalue weighted by Crippen LogP contribution is -2.02. The maximum absolute atomic E-state index is 5.80. The predicted molar refractivity (Wildman–Crippen MR) is 72.0 cm³/mol. The first-order chi connectivity index (χ1) is 9.11. The van der Waals surface area contributed by atoms with Gasteiger partial charge in [-0.2, -0.15) is 0 Å². The van der Waals surface area contributed by atoms with Crippen LogP contribution in [0.5, 0.6) is 5.75 Å². The molecule has 2 rings (SSSR count). The number of hydrogen-bond acceptors (Lipinski definition) is 5. The maximum atomic E-state index is 5.80. The van der Waals surface area contributed by atoms with Gasteiger partial charge >= 0.3 is 0 Å². The van der Waals surface area contributed by atoms with Crippen LogP contribution < -0.4 is 10.5 Å². The lowest BCUT2D eigenvalue weighted by Gasteiger charge is -2.12. The van der Waals surface area contributed by atoms with Crippen molar-refractivity contribution in [2.45, 2.75) is 33.8 Å². The molecule has 2 N–H and O–H groups in total. The van der Waals surface area contributed by atoms with E-state index in [-0.39, 0.29) is 6.61 Å². The first kappa shape index (κ1) is 13.5. The van der Waals surface area contributed by atoms with Gasteiger partial charge in [-0.05, 0) is 37.5 Å². The van der Waals surface area contributed by atoms with Crippen LogP contribution in [0.25, 0.3) is 0 Å². The van der Waals surface area contributed by atoms with E-state index in [1.54, 1.807) is 0 Å². The van der Waals surface area contributed by atoms with Gasteiger partial charge in [0.2, 0.25) is 5.89 Å². The van der Waals surface area contributed by atoms with E-state index in [9.17, 15) is 0 Å². The summed E-state index contributed by atoms with van der Waals surface area (Å²) in [5.41, 5.74) is 8.88. The van der Waals surface area contributed by atoms with Crippen molar-refractivity contribution in [3.8, 4) is 5.75 Å². The summed E-state index contributed by atoms with van der Waals surface area (Å²) in [4.78, 5) is 0. The Hall–Kier alpha value is -1.88. The molecule has 2 aromatic rings. The largest absolute Gasteiger partial charge is 0.483 e. The summed E-state index contributed by atoms with van der Waals surface area (Å²) in [5.74, 6) is 1.92. The Bertz CT molecular complexity index is 564.